The molecule has 11 aromatic carbocycles. The first kappa shape index (κ1) is 38.7. The molecule has 0 saturated heterocycles. The summed E-state index contributed by atoms with van der Waals surface area (Å²) in [5.41, 5.74) is 18.8. The highest BCUT2D eigenvalue weighted by molar-refractivity contribution is 6.10. The van der Waals surface area contributed by atoms with Gasteiger partial charge in [0.25, 0.3) is 0 Å². The topological polar surface area (TPSA) is 8.17 Å². The van der Waals surface area contributed by atoms with Crippen molar-refractivity contribution in [3.63, 3.8) is 0 Å². The largest absolute Gasteiger partial charge is 0.310 e. The molecular formula is C65H44N2. The van der Waals surface area contributed by atoms with Gasteiger partial charge in [-0.05, 0) is 122 Å². The van der Waals surface area contributed by atoms with Gasteiger partial charge in [-0.1, -0.05) is 206 Å². The molecule has 1 aliphatic carbocycles. The molecule has 0 N–H and O–H groups in total. The number of aromatic nitrogens is 1. The van der Waals surface area contributed by atoms with E-state index in [4.69, 9.17) is 0 Å². The van der Waals surface area contributed by atoms with Crippen LogP contribution in [0.1, 0.15) is 22.3 Å². The number of rotatable bonds is 8. The molecule has 0 spiro atoms. The van der Waals surface area contributed by atoms with Gasteiger partial charge in [0.1, 0.15) is 0 Å². The van der Waals surface area contributed by atoms with Crippen molar-refractivity contribution >= 4 is 49.6 Å². The van der Waals surface area contributed by atoms with Gasteiger partial charge in [-0.25, -0.2) is 0 Å². The molecule has 12 aromatic rings. The highest BCUT2D eigenvalue weighted by Crippen LogP contribution is 2.57. The third-order valence-corrected chi connectivity index (χ3v) is 14.1. The lowest BCUT2D eigenvalue weighted by Gasteiger charge is -2.35. The van der Waals surface area contributed by atoms with E-state index in [2.05, 4.69) is 276 Å². The summed E-state index contributed by atoms with van der Waals surface area (Å²) in [4.78, 5) is 2.45. The lowest BCUT2D eigenvalue weighted by Crippen LogP contribution is -2.28. The number of nitrogens with zero attached hydrogens (tertiary/aromatic N) is 2. The average Bonchev–Trinajstić information content (AvgIpc) is 3.90. The Hall–Kier alpha value is -8.72. The molecule has 314 valence electrons. The van der Waals surface area contributed by atoms with E-state index >= 15 is 0 Å². The molecule has 0 atom stereocenters. The molecule has 0 fully saturated rings. The average molecular weight is 853 g/mol. The molecule has 1 aliphatic rings. The minimum atomic E-state index is -0.508. The van der Waals surface area contributed by atoms with Gasteiger partial charge in [-0.2, -0.15) is 0 Å². The maximum atomic E-state index is 2.46. The van der Waals surface area contributed by atoms with Crippen LogP contribution in [-0.2, 0) is 5.41 Å². The lowest BCUT2D eigenvalue weighted by atomic mass is 9.67. The number of hydrogen-bond donors (Lipinski definition) is 0. The van der Waals surface area contributed by atoms with E-state index in [9.17, 15) is 0 Å². The predicted octanol–water partition coefficient (Wildman–Crippen LogP) is 17.1. The molecule has 0 bridgehead atoms. The van der Waals surface area contributed by atoms with Crippen LogP contribution in [0.3, 0.4) is 0 Å². The van der Waals surface area contributed by atoms with Gasteiger partial charge in [0.05, 0.1) is 22.1 Å². The second-order valence-corrected chi connectivity index (χ2v) is 17.6. The van der Waals surface area contributed by atoms with Crippen LogP contribution in [0.2, 0.25) is 0 Å². The molecule has 0 radical (unpaired) electrons. The van der Waals surface area contributed by atoms with Crippen LogP contribution in [0.25, 0.3) is 71.6 Å². The monoisotopic (exact) mass is 852 g/mol. The first-order chi connectivity index (χ1) is 33.2. The Morgan fingerprint density at radius 1 is 0.313 bits per heavy atom. The fourth-order valence-electron chi connectivity index (χ4n) is 11.1. The first-order valence-corrected chi connectivity index (χ1v) is 23.2. The molecule has 0 saturated carbocycles. The van der Waals surface area contributed by atoms with Gasteiger partial charge in [0, 0.05) is 33.2 Å². The Morgan fingerprint density at radius 3 is 1.61 bits per heavy atom. The van der Waals surface area contributed by atoms with Gasteiger partial charge < -0.3 is 9.47 Å². The molecule has 13 rings (SSSR count). The molecule has 1 heterocycles. The highest BCUT2D eigenvalue weighted by Gasteiger charge is 2.46. The summed E-state index contributed by atoms with van der Waals surface area (Å²) < 4.78 is 2.40. The summed E-state index contributed by atoms with van der Waals surface area (Å²) >= 11 is 0. The number of fused-ring (bicyclic) bond motifs is 7. The van der Waals surface area contributed by atoms with Crippen LogP contribution in [0, 0.1) is 0 Å². The zero-order chi connectivity index (χ0) is 44.3. The van der Waals surface area contributed by atoms with E-state index in [0.717, 1.165) is 22.7 Å². The summed E-state index contributed by atoms with van der Waals surface area (Å²) in [7, 11) is 0. The maximum absolute atomic E-state index is 2.46. The zero-order valence-corrected chi connectivity index (χ0v) is 36.8. The SMILES string of the molecule is c1ccc(-c2ccc(-n3c4ccccc4c4cc(-c5ccc(N(c6ccc7c(c6)C(c6ccccc6)(c6ccccc6)c6ccccc6-7)c6cccc7ccccc67)cc5)ccc43)cc2)cc1. The van der Waals surface area contributed by atoms with Crippen molar-refractivity contribution in [1.29, 1.82) is 0 Å². The van der Waals surface area contributed by atoms with E-state index < -0.39 is 5.41 Å². The van der Waals surface area contributed by atoms with Crippen molar-refractivity contribution < 1.29 is 0 Å². The van der Waals surface area contributed by atoms with Crippen LogP contribution >= 0.6 is 0 Å². The third kappa shape index (κ3) is 6.18. The Labute approximate surface area is 390 Å². The molecule has 1 aromatic heterocycles. The van der Waals surface area contributed by atoms with Crippen molar-refractivity contribution in [2.24, 2.45) is 0 Å². The van der Waals surface area contributed by atoms with Crippen LogP contribution < -0.4 is 4.90 Å². The van der Waals surface area contributed by atoms with E-state index in [1.165, 1.54) is 88.2 Å². The van der Waals surface area contributed by atoms with Crippen LogP contribution in [0.15, 0.2) is 267 Å². The summed E-state index contributed by atoms with van der Waals surface area (Å²) in [5.74, 6) is 0. The van der Waals surface area contributed by atoms with Gasteiger partial charge in [0.2, 0.25) is 0 Å². The van der Waals surface area contributed by atoms with Gasteiger partial charge in [0.15, 0.2) is 0 Å². The number of anilines is 3. The quantitative estimate of drug-likeness (QED) is 0.148. The number of hydrogen-bond acceptors (Lipinski definition) is 1. The summed E-state index contributed by atoms with van der Waals surface area (Å²) in [6, 6.07) is 98.0. The Kier molecular flexibility index (Phi) is 9.11. The second-order valence-electron chi connectivity index (χ2n) is 17.6. The van der Waals surface area contributed by atoms with Crippen LogP contribution in [0.5, 0.6) is 0 Å². The van der Waals surface area contributed by atoms with Crippen LogP contribution in [0.4, 0.5) is 17.1 Å². The molecule has 0 aliphatic heterocycles. The predicted molar refractivity (Wildman–Crippen MR) is 281 cm³/mol. The van der Waals surface area contributed by atoms with Crippen molar-refractivity contribution in [2.45, 2.75) is 5.41 Å². The third-order valence-electron chi connectivity index (χ3n) is 14.1. The van der Waals surface area contributed by atoms with E-state index in [1.54, 1.807) is 0 Å². The van der Waals surface area contributed by atoms with Gasteiger partial charge in [-0.15, -0.1) is 0 Å². The van der Waals surface area contributed by atoms with Gasteiger partial charge in [-0.3, -0.25) is 0 Å². The first-order valence-electron chi connectivity index (χ1n) is 23.2. The van der Waals surface area contributed by atoms with Crippen molar-refractivity contribution in [3.05, 3.63) is 289 Å². The number of benzene rings is 11. The molecule has 2 nitrogen and oxygen atoms in total. The van der Waals surface area contributed by atoms with E-state index in [-0.39, 0.29) is 0 Å². The Balaban J connectivity index is 0.948. The lowest BCUT2D eigenvalue weighted by molar-refractivity contribution is 0.768. The molecule has 2 heteroatoms. The smallest absolute Gasteiger partial charge is 0.0714 e. The maximum Gasteiger partial charge on any atom is 0.0714 e. The second kappa shape index (κ2) is 15.8. The van der Waals surface area contributed by atoms with E-state index in [1.807, 2.05) is 0 Å². The standard InChI is InChI=1S/C65H44N2/c1-4-17-45(18-5-1)46-31-38-53(39-32-46)67-63-29-15-13-27-58(63)59-43-49(35-42-64(59)67)47-33-36-52(37-34-47)66(62-30-16-20-48-19-10-11-25-55(48)62)54-40-41-57-56-26-12-14-28-60(56)65(61(57)44-54,50-21-6-2-7-22-50)51-23-8-3-9-24-51/h1-44H. The zero-order valence-electron chi connectivity index (χ0n) is 36.8. The van der Waals surface area contributed by atoms with Gasteiger partial charge >= 0.3 is 0 Å². The Morgan fingerprint density at radius 2 is 0.851 bits per heavy atom. The van der Waals surface area contributed by atoms with Crippen molar-refractivity contribution in [2.75, 3.05) is 4.90 Å². The fraction of sp³-hybridized carbons (Fsp3) is 0.0154. The summed E-state index contributed by atoms with van der Waals surface area (Å²) in [5, 5.41) is 4.89. The van der Waals surface area contributed by atoms with E-state index in [0.29, 0.717) is 0 Å². The summed E-state index contributed by atoms with van der Waals surface area (Å²) in [6.45, 7) is 0. The molecule has 0 unspecified atom stereocenters. The minimum Gasteiger partial charge on any atom is -0.310 e. The molecule has 0 amide bonds. The Bertz CT molecular complexity index is 3730. The molecular weight excluding hydrogens is 809 g/mol. The van der Waals surface area contributed by atoms with Crippen molar-refractivity contribution in [3.8, 4) is 39.1 Å². The molecule has 67 heavy (non-hydrogen) atoms. The number of para-hydroxylation sites is 1. The fourth-order valence-corrected chi connectivity index (χ4v) is 11.1. The normalized spacial score (nSPS) is 12.6. The van der Waals surface area contributed by atoms with Crippen molar-refractivity contribution in [1.82, 2.24) is 4.57 Å². The highest BCUT2D eigenvalue weighted by atomic mass is 15.1. The minimum absolute atomic E-state index is 0.508. The van der Waals surface area contributed by atoms with Crippen LogP contribution in [-0.4, -0.2) is 4.57 Å². The summed E-state index contributed by atoms with van der Waals surface area (Å²) in [6.07, 6.45) is 0.